The molecule has 0 saturated carbocycles. The second kappa shape index (κ2) is 30.1. The first-order valence-electron chi connectivity index (χ1n) is 25.6. The Labute approximate surface area is 436 Å². The first-order valence-corrected chi connectivity index (χ1v) is 25.6. The number of hydrogen-bond donors (Lipinski definition) is 4. The number of esters is 1. The number of fused-ring (bicyclic) bond motifs is 8. The van der Waals surface area contributed by atoms with Gasteiger partial charge in [-0.2, -0.15) is 0 Å². The normalized spacial score (nSPS) is 11.8. The maximum Gasteiger partial charge on any atom is 0.407 e. The molecule has 0 spiro atoms. The Morgan fingerprint density at radius 2 is 0.946 bits per heavy atom. The van der Waals surface area contributed by atoms with Crippen LogP contribution >= 0.6 is 0 Å². The third-order valence-electron chi connectivity index (χ3n) is 12.2. The zero-order valence-corrected chi connectivity index (χ0v) is 44.2. The summed E-state index contributed by atoms with van der Waals surface area (Å²) in [7, 11) is 4.74. The number of nitrogens with one attached hydrogen (secondary N) is 4. The van der Waals surface area contributed by atoms with Crippen LogP contribution in [0.4, 0.5) is 9.59 Å². The Kier molecular flexibility index (Phi) is 23.4. The second-order valence-electron chi connectivity index (χ2n) is 19.1. The monoisotopic (exact) mass is 1020 g/mol. The Morgan fingerprint density at radius 1 is 0.541 bits per heavy atom. The van der Waals surface area contributed by atoms with E-state index in [1.807, 2.05) is 54.6 Å². The average Bonchev–Trinajstić information content (AvgIpc) is 3.36. The van der Waals surface area contributed by atoms with Gasteiger partial charge in [0.15, 0.2) is 13.2 Å². The number of methoxy groups -OCH3 is 3. The van der Waals surface area contributed by atoms with Crippen LogP contribution in [0.5, 0.6) is 23.0 Å². The fourth-order valence-electron chi connectivity index (χ4n) is 8.89. The minimum atomic E-state index is -0.649. The number of hydrogen-bond acceptors (Lipinski definition) is 12. The highest BCUT2D eigenvalue weighted by Crippen LogP contribution is 2.39. The molecule has 8 bridgehead atoms. The van der Waals surface area contributed by atoms with E-state index in [9.17, 15) is 24.0 Å². The number of amides is 4. The quantitative estimate of drug-likeness (QED) is 0.0178. The molecule has 5 rings (SSSR count). The summed E-state index contributed by atoms with van der Waals surface area (Å²) in [6.07, 6.45) is 10.4. The van der Waals surface area contributed by atoms with Gasteiger partial charge in [-0.05, 0) is 90.1 Å². The molecule has 4 amide bonds. The van der Waals surface area contributed by atoms with Crippen LogP contribution < -0.4 is 40.2 Å². The first kappa shape index (κ1) is 57.7. The van der Waals surface area contributed by atoms with Crippen LogP contribution in [0.2, 0.25) is 0 Å². The van der Waals surface area contributed by atoms with Gasteiger partial charge in [-0.3, -0.25) is 14.4 Å². The molecule has 0 unspecified atom stereocenters. The maximum atomic E-state index is 13.4. The smallest absolute Gasteiger partial charge is 0.407 e. The summed E-state index contributed by atoms with van der Waals surface area (Å²) in [5.41, 5.74) is 7.60. The zero-order chi connectivity index (χ0) is 53.3. The Morgan fingerprint density at radius 3 is 1.39 bits per heavy atom. The van der Waals surface area contributed by atoms with E-state index in [4.69, 9.17) is 33.2 Å². The molecule has 1 aliphatic carbocycles. The number of carbonyl (C=O) groups excluding carboxylic acids is 5. The highest BCUT2D eigenvalue weighted by molar-refractivity contribution is 5.78. The number of ether oxygens (including phenoxy) is 7. The van der Waals surface area contributed by atoms with E-state index in [0.717, 1.165) is 101 Å². The number of aryl methyl sites for hydroxylation is 1. The average molecular weight is 1020 g/mol. The van der Waals surface area contributed by atoms with Crippen molar-refractivity contribution in [1.29, 1.82) is 0 Å². The number of carbonyl (C=O) groups is 5. The van der Waals surface area contributed by atoms with Crippen molar-refractivity contribution in [3.63, 3.8) is 0 Å². The van der Waals surface area contributed by atoms with Gasteiger partial charge in [0.25, 0.3) is 11.8 Å². The van der Waals surface area contributed by atoms with E-state index in [-0.39, 0.29) is 63.8 Å². The van der Waals surface area contributed by atoms with Gasteiger partial charge in [0.2, 0.25) is 0 Å². The lowest BCUT2D eigenvalue weighted by atomic mass is 9.89. The largest absolute Gasteiger partial charge is 0.496 e. The standard InChI is InChI=1S/C58H76N4O12/c1-8-31-71-56(66)61-29-27-59-49(63)38-72-54-45-24-18-25-46(54)35-42-21-17-23-44(53(42)70-7)37-48-33-40(19-14-12-10-9-11-13-15-26-51(65)68-5)32-47(36-43-22-16-20-41(34-45)52(43)69-6)55(48)73-39-50(64)60-28-30-62-57(67)74-58(2,3)4/h8,16-18,20-25,32-33H,1,9-15,19,26-31,34-39H2,2-7H3,(H,59,63)(H,60,64)(H,61,66)(H,62,67). The number of benzene rings is 4. The number of rotatable bonds is 26. The minimum Gasteiger partial charge on any atom is -0.496 e. The lowest BCUT2D eigenvalue weighted by molar-refractivity contribution is -0.140. The van der Waals surface area contributed by atoms with Crippen molar-refractivity contribution >= 4 is 30.0 Å². The van der Waals surface area contributed by atoms with Crippen LogP contribution in [0.1, 0.15) is 122 Å². The summed E-state index contributed by atoms with van der Waals surface area (Å²) in [6, 6.07) is 22.5. The molecule has 16 heteroatoms. The van der Waals surface area contributed by atoms with Crippen LogP contribution in [0, 0.1) is 0 Å². The van der Waals surface area contributed by atoms with Crippen LogP contribution in [-0.2, 0) is 60.7 Å². The Bertz CT molecular complexity index is 2420. The lowest BCUT2D eigenvalue weighted by Crippen LogP contribution is -2.39. The summed E-state index contributed by atoms with van der Waals surface area (Å²) in [6.45, 7) is 9.14. The van der Waals surface area contributed by atoms with Gasteiger partial charge in [-0.15, -0.1) is 0 Å². The first-order chi connectivity index (χ1) is 35.7. The number of alkyl carbamates (subject to hydrolysis) is 2. The molecule has 0 fully saturated rings. The van der Waals surface area contributed by atoms with Gasteiger partial charge in [-0.25, -0.2) is 9.59 Å². The molecule has 0 heterocycles. The fourth-order valence-corrected chi connectivity index (χ4v) is 8.89. The van der Waals surface area contributed by atoms with E-state index in [1.54, 1.807) is 35.0 Å². The molecular weight excluding hydrogens is 945 g/mol. The van der Waals surface area contributed by atoms with Gasteiger partial charge in [-0.1, -0.05) is 111 Å². The number of unbranched alkanes of at least 4 members (excludes halogenated alkanes) is 6. The Hall–Kier alpha value is -7.23. The summed E-state index contributed by atoms with van der Waals surface area (Å²) >= 11 is 0. The van der Waals surface area contributed by atoms with Crippen LogP contribution in [0.25, 0.3) is 0 Å². The van der Waals surface area contributed by atoms with Crippen LogP contribution in [0.15, 0.2) is 79.4 Å². The molecular formula is C58H76N4O12. The molecule has 400 valence electrons. The van der Waals surface area contributed by atoms with E-state index in [2.05, 4.69) is 40.0 Å². The van der Waals surface area contributed by atoms with Crippen LogP contribution in [-0.4, -0.2) is 103 Å². The lowest BCUT2D eigenvalue weighted by Gasteiger charge is -2.22. The van der Waals surface area contributed by atoms with Crippen molar-refractivity contribution in [2.24, 2.45) is 0 Å². The van der Waals surface area contributed by atoms with Crippen molar-refractivity contribution < 1.29 is 57.1 Å². The SMILES string of the molecule is C=CCOC(=O)NCCNC(=O)COc1c2cccc1Cc1cccc(c1OC)Cc1cc(CCCCCCCCCC(=O)OC)cc(c1OCC(=O)NCCNC(=O)OC(C)(C)C)Cc1cccc(c1OC)C2. The molecule has 4 aromatic carbocycles. The summed E-state index contributed by atoms with van der Waals surface area (Å²) in [5, 5.41) is 10.9. The molecule has 0 radical (unpaired) electrons. The molecule has 4 N–H and O–H groups in total. The van der Waals surface area contributed by atoms with Crippen molar-refractivity contribution in [2.75, 3.05) is 67.3 Å². The van der Waals surface area contributed by atoms with Gasteiger partial charge in [0, 0.05) is 58.3 Å². The fraction of sp³-hybridized carbons (Fsp3) is 0.466. The molecule has 16 nitrogen and oxygen atoms in total. The topological polar surface area (TPSA) is 198 Å². The third-order valence-corrected chi connectivity index (χ3v) is 12.2. The molecule has 74 heavy (non-hydrogen) atoms. The molecule has 0 saturated heterocycles. The van der Waals surface area contributed by atoms with Gasteiger partial charge >= 0.3 is 18.2 Å². The highest BCUT2D eigenvalue weighted by atomic mass is 16.6. The minimum absolute atomic E-state index is 0.0817. The van der Waals surface area contributed by atoms with E-state index in [1.165, 1.54) is 13.2 Å². The summed E-state index contributed by atoms with van der Waals surface area (Å²) in [4.78, 5) is 62.2. The van der Waals surface area contributed by atoms with Crippen LogP contribution in [0.3, 0.4) is 0 Å². The molecule has 4 aromatic rings. The van der Waals surface area contributed by atoms with Crippen molar-refractivity contribution in [3.05, 3.63) is 129 Å². The highest BCUT2D eigenvalue weighted by Gasteiger charge is 2.23. The van der Waals surface area contributed by atoms with Gasteiger partial charge in [0.1, 0.15) is 35.2 Å². The molecule has 0 atom stereocenters. The Balaban J connectivity index is 1.47. The van der Waals surface area contributed by atoms with E-state index in [0.29, 0.717) is 55.1 Å². The second-order valence-corrected chi connectivity index (χ2v) is 19.1. The third kappa shape index (κ3) is 19.0. The molecule has 1 aliphatic rings. The summed E-state index contributed by atoms with van der Waals surface area (Å²) in [5.74, 6) is 1.69. The number of para-hydroxylation sites is 3. The predicted octanol–water partition coefficient (Wildman–Crippen LogP) is 8.64. The van der Waals surface area contributed by atoms with Crippen molar-refractivity contribution in [3.8, 4) is 23.0 Å². The predicted molar refractivity (Wildman–Crippen MR) is 284 cm³/mol. The zero-order valence-electron chi connectivity index (χ0n) is 44.2. The van der Waals surface area contributed by atoms with E-state index >= 15 is 0 Å². The van der Waals surface area contributed by atoms with Crippen molar-refractivity contribution in [2.45, 2.75) is 110 Å². The molecule has 0 aliphatic heterocycles. The van der Waals surface area contributed by atoms with Gasteiger partial charge < -0.3 is 54.4 Å². The maximum absolute atomic E-state index is 13.4. The van der Waals surface area contributed by atoms with E-state index < -0.39 is 17.8 Å². The molecule has 0 aromatic heterocycles. The van der Waals surface area contributed by atoms with Gasteiger partial charge in [0.05, 0.1) is 21.3 Å². The summed E-state index contributed by atoms with van der Waals surface area (Å²) < 4.78 is 40.6. The van der Waals surface area contributed by atoms with Crippen molar-refractivity contribution in [1.82, 2.24) is 21.3 Å².